The minimum atomic E-state index is -0.0552. The van der Waals surface area contributed by atoms with Gasteiger partial charge in [-0.25, -0.2) is 0 Å². The van der Waals surface area contributed by atoms with Gasteiger partial charge in [-0.2, -0.15) is 4.76 Å². The number of rotatable bonds is 2. The summed E-state index contributed by atoms with van der Waals surface area (Å²) < 4.78 is 14.1. The molecule has 0 aromatic rings. The predicted octanol–water partition coefficient (Wildman–Crippen LogP) is 1.76. The molecule has 1 saturated heterocycles. The molecule has 7 heteroatoms. The van der Waals surface area contributed by atoms with Gasteiger partial charge in [0.15, 0.2) is 0 Å². The van der Waals surface area contributed by atoms with Crippen molar-refractivity contribution in [1.82, 2.24) is 0 Å². The van der Waals surface area contributed by atoms with E-state index in [0.29, 0.717) is 12.4 Å². The van der Waals surface area contributed by atoms with E-state index in [1.165, 1.54) is 23.5 Å². The molecule has 0 amide bonds. The average Bonchev–Trinajstić information content (AvgIpc) is 2.61. The van der Waals surface area contributed by atoms with Crippen LogP contribution in [0.15, 0.2) is 4.76 Å². The third kappa shape index (κ3) is 3.75. The van der Waals surface area contributed by atoms with Crippen LogP contribution in [0.1, 0.15) is 0 Å². The average molecular weight is 239 g/mol. The molecule has 74 valence electrons. The summed E-state index contributed by atoms with van der Waals surface area (Å²) in [6.45, 7) is 0.474. The SMILES string of the molecule is CSC(=O)SCC1CO/C(=N\P)O1. The van der Waals surface area contributed by atoms with Crippen molar-refractivity contribution >= 4 is 43.4 Å². The highest BCUT2D eigenvalue weighted by atomic mass is 32.2. The summed E-state index contributed by atoms with van der Waals surface area (Å²) in [7, 11) is 2.16. The van der Waals surface area contributed by atoms with Crippen LogP contribution in [0, 0.1) is 0 Å². The fourth-order valence-corrected chi connectivity index (χ4v) is 2.04. The first kappa shape index (κ1) is 11.1. The minimum absolute atomic E-state index is 0.0552. The van der Waals surface area contributed by atoms with Gasteiger partial charge in [-0.15, -0.1) is 0 Å². The van der Waals surface area contributed by atoms with Gasteiger partial charge in [0, 0.05) is 5.75 Å². The van der Waals surface area contributed by atoms with Crippen molar-refractivity contribution in [3.63, 3.8) is 0 Å². The van der Waals surface area contributed by atoms with E-state index < -0.39 is 0 Å². The molecule has 0 N–H and O–H groups in total. The van der Waals surface area contributed by atoms with Crippen molar-refractivity contribution in [3.8, 4) is 0 Å². The normalized spacial score (nSPS) is 24.2. The summed E-state index contributed by atoms with van der Waals surface area (Å²) in [5.41, 5.74) is 0. The van der Waals surface area contributed by atoms with E-state index in [9.17, 15) is 4.79 Å². The maximum atomic E-state index is 10.9. The predicted molar refractivity (Wildman–Crippen MR) is 59.3 cm³/mol. The van der Waals surface area contributed by atoms with Gasteiger partial charge in [0.1, 0.15) is 12.7 Å². The maximum Gasteiger partial charge on any atom is 0.387 e. The zero-order valence-electron chi connectivity index (χ0n) is 7.06. The van der Waals surface area contributed by atoms with Gasteiger partial charge in [0.2, 0.25) is 4.45 Å². The molecule has 0 saturated carbocycles. The largest absolute Gasteiger partial charge is 0.447 e. The Labute approximate surface area is 87.5 Å². The Bertz CT molecular complexity index is 224. The lowest BCUT2D eigenvalue weighted by Crippen LogP contribution is -2.13. The number of carbonyl (C=O) groups excluding carboxylic acids is 1. The van der Waals surface area contributed by atoms with E-state index in [0.717, 1.165) is 0 Å². The van der Waals surface area contributed by atoms with Crippen molar-refractivity contribution < 1.29 is 14.3 Å². The Morgan fingerprint density at radius 3 is 3.15 bits per heavy atom. The molecule has 4 nitrogen and oxygen atoms in total. The molecule has 1 fully saturated rings. The minimum Gasteiger partial charge on any atom is -0.447 e. The van der Waals surface area contributed by atoms with Crippen LogP contribution < -0.4 is 0 Å². The van der Waals surface area contributed by atoms with Gasteiger partial charge in [-0.3, -0.25) is 4.79 Å². The van der Waals surface area contributed by atoms with E-state index >= 15 is 0 Å². The number of hydrogen-bond donors (Lipinski definition) is 0. The first-order chi connectivity index (χ1) is 6.26. The van der Waals surface area contributed by atoms with Gasteiger partial charge in [0.05, 0.1) is 0 Å². The lowest BCUT2D eigenvalue weighted by atomic mass is 10.4. The molecule has 2 unspecified atom stereocenters. The number of hydrogen-bond acceptors (Lipinski definition) is 6. The van der Waals surface area contributed by atoms with E-state index in [1.807, 2.05) is 0 Å². The van der Waals surface area contributed by atoms with Crippen LogP contribution in [0.2, 0.25) is 0 Å². The summed E-state index contributed by atoms with van der Waals surface area (Å²) in [5, 5.41) is 0. The second-order valence-electron chi connectivity index (χ2n) is 2.21. The van der Waals surface area contributed by atoms with Gasteiger partial charge in [-0.05, 0) is 15.6 Å². The van der Waals surface area contributed by atoms with Crippen LogP contribution in [0.5, 0.6) is 0 Å². The van der Waals surface area contributed by atoms with Crippen molar-refractivity contribution in [2.45, 2.75) is 6.10 Å². The van der Waals surface area contributed by atoms with Gasteiger partial charge in [-0.1, -0.05) is 23.5 Å². The lowest BCUT2D eigenvalue weighted by molar-refractivity contribution is 0.254. The molecular weight excluding hydrogens is 229 g/mol. The van der Waals surface area contributed by atoms with Gasteiger partial charge < -0.3 is 9.47 Å². The Morgan fingerprint density at radius 2 is 2.62 bits per heavy atom. The van der Waals surface area contributed by atoms with Crippen LogP contribution in [-0.2, 0) is 9.47 Å². The van der Waals surface area contributed by atoms with Crippen LogP contribution in [0.3, 0.4) is 0 Å². The van der Waals surface area contributed by atoms with E-state index in [1.54, 1.807) is 6.26 Å². The van der Waals surface area contributed by atoms with E-state index in [4.69, 9.17) is 9.47 Å². The zero-order chi connectivity index (χ0) is 9.68. The highest BCUT2D eigenvalue weighted by Gasteiger charge is 2.23. The Balaban J connectivity index is 2.21. The van der Waals surface area contributed by atoms with E-state index in [2.05, 4.69) is 14.2 Å². The summed E-state index contributed by atoms with van der Waals surface area (Å²) in [6.07, 6.45) is 1.99. The van der Waals surface area contributed by atoms with E-state index in [-0.39, 0.29) is 16.6 Å². The third-order valence-corrected chi connectivity index (χ3v) is 3.49. The fraction of sp³-hybridized carbons (Fsp3) is 0.667. The molecule has 1 aliphatic rings. The maximum absolute atomic E-state index is 10.9. The quantitative estimate of drug-likeness (QED) is 0.687. The Hall–Kier alpha value is 0.0700. The second-order valence-corrected chi connectivity index (χ2v) is 4.50. The molecule has 0 aliphatic carbocycles. The zero-order valence-corrected chi connectivity index (χ0v) is 9.85. The first-order valence-electron chi connectivity index (χ1n) is 3.54. The number of carbonyl (C=O) groups is 1. The molecular formula is C6H10NO3PS2. The van der Waals surface area contributed by atoms with Crippen molar-refractivity contribution in [3.05, 3.63) is 0 Å². The highest BCUT2D eigenvalue weighted by molar-refractivity contribution is 8.38. The van der Waals surface area contributed by atoms with Crippen LogP contribution in [-0.4, -0.2) is 35.3 Å². The molecule has 0 aromatic heterocycles. The third-order valence-electron chi connectivity index (χ3n) is 1.32. The van der Waals surface area contributed by atoms with Gasteiger partial charge >= 0.3 is 6.08 Å². The van der Waals surface area contributed by atoms with Crippen LogP contribution in [0.25, 0.3) is 0 Å². The molecule has 0 aromatic carbocycles. The van der Waals surface area contributed by atoms with Crippen LogP contribution in [0.4, 0.5) is 4.79 Å². The molecule has 13 heavy (non-hydrogen) atoms. The summed E-state index contributed by atoms with van der Waals surface area (Å²) >= 11 is 2.45. The standard InChI is InChI=1S/C6H10NO3PS2/c1-12-6(8)13-3-4-2-9-5(7-11)10-4/h4H,2-3,11H2,1H3/b7-5+. The van der Waals surface area contributed by atoms with Crippen molar-refractivity contribution in [1.29, 1.82) is 0 Å². The molecule has 2 atom stereocenters. The Kier molecular flexibility index (Phi) is 4.91. The lowest BCUT2D eigenvalue weighted by Gasteiger charge is -2.03. The molecule has 0 spiro atoms. The summed E-state index contributed by atoms with van der Waals surface area (Å²) in [6, 6.07) is 0. The molecule has 0 radical (unpaired) electrons. The molecule has 1 rings (SSSR count). The fourth-order valence-electron chi connectivity index (χ4n) is 0.745. The molecule has 1 heterocycles. The Morgan fingerprint density at radius 1 is 1.85 bits per heavy atom. The molecule has 1 aliphatic heterocycles. The topological polar surface area (TPSA) is 47.9 Å². The smallest absolute Gasteiger partial charge is 0.387 e. The van der Waals surface area contributed by atoms with Gasteiger partial charge in [0.25, 0.3) is 0 Å². The monoisotopic (exact) mass is 239 g/mol. The number of nitrogens with zero attached hydrogens (tertiary/aromatic N) is 1. The van der Waals surface area contributed by atoms with Crippen molar-refractivity contribution in [2.75, 3.05) is 18.6 Å². The highest BCUT2D eigenvalue weighted by Crippen LogP contribution is 2.18. The summed E-state index contributed by atoms with van der Waals surface area (Å²) in [5.74, 6) is 0.614. The van der Waals surface area contributed by atoms with Crippen molar-refractivity contribution in [2.24, 2.45) is 4.76 Å². The second kappa shape index (κ2) is 5.73. The first-order valence-corrected chi connectivity index (χ1v) is 6.27. The number of thioether (sulfide) groups is 2. The van der Waals surface area contributed by atoms with Crippen LogP contribution >= 0.6 is 32.9 Å². The molecule has 0 bridgehead atoms. The number of ether oxygens (including phenoxy) is 2. The summed E-state index contributed by atoms with van der Waals surface area (Å²) in [4.78, 5) is 10.9.